The van der Waals surface area contributed by atoms with Gasteiger partial charge in [-0.1, -0.05) is 64.1 Å². The van der Waals surface area contributed by atoms with Crippen molar-refractivity contribution in [3.63, 3.8) is 0 Å². The zero-order valence-electron chi connectivity index (χ0n) is 19.2. The van der Waals surface area contributed by atoms with Crippen LogP contribution in [0, 0.1) is 6.92 Å². The standard InChI is InChI=1S/C27H29N4/c1-17-15-20-23(28-21-13-10-14-30(20)21)22-24(17)31-25(27(4,5)26(22,2)3)19(16-29(31)6)18-11-8-7-9-12-18/h7-12,14-16H,13H2,1-6H3/q+1. The third kappa shape index (κ3) is 2.15. The summed E-state index contributed by atoms with van der Waals surface area (Å²) >= 11 is 0. The normalized spacial score (nSPS) is 17.6. The van der Waals surface area contributed by atoms with Crippen LogP contribution < -0.4 is 4.68 Å². The second-order valence-corrected chi connectivity index (χ2v) is 10.2. The molecule has 0 spiro atoms. The maximum atomic E-state index is 5.15. The maximum Gasteiger partial charge on any atom is 0.203 e. The Labute approximate surface area is 183 Å². The van der Waals surface area contributed by atoms with Crippen LogP contribution in [0.25, 0.3) is 34.0 Å². The Balaban J connectivity index is 1.79. The van der Waals surface area contributed by atoms with E-state index in [0.717, 1.165) is 17.8 Å². The predicted molar refractivity (Wildman–Crippen MR) is 125 cm³/mol. The molecule has 31 heavy (non-hydrogen) atoms. The first-order valence-corrected chi connectivity index (χ1v) is 11.1. The summed E-state index contributed by atoms with van der Waals surface area (Å²) in [4.78, 5) is 5.15. The van der Waals surface area contributed by atoms with Crippen LogP contribution in [0.3, 0.4) is 0 Å². The highest BCUT2D eigenvalue weighted by atomic mass is 15.4. The Hall–Kier alpha value is -3.14. The number of allylic oxidation sites excluding steroid dienone is 1. The maximum absolute atomic E-state index is 5.15. The third-order valence-electron chi connectivity index (χ3n) is 7.95. The molecule has 4 aromatic rings. The van der Waals surface area contributed by atoms with Crippen molar-refractivity contribution in [3.05, 3.63) is 71.3 Å². The van der Waals surface area contributed by atoms with Crippen molar-refractivity contribution in [2.45, 2.75) is 51.9 Å². The third-order valence-corrected chi connectivity index (χ3v) is 7.95. The van der Waals surface area contributed by atoms with Crippen LogP contribution in [0.15, 0.2) is 48.7 Å². The monoisotopic (exact) mass is 409 g/mol. The highest BCUT2D eigenvalue weighted by Gasteiger charge is 2.52. The summed E-state index contributed by atoms with van der Waals surface area (Å²) in [6, 6.07) is 13.1. The Morgan fingerprint density at radius 2 is 1.77 bits per heavy atom. The largest absolute Gasteiger partial charge is 0.303 e. The molecule has 0 unspecified atom stereocenters. The molecular weight excluding hydrogens is 380 g/mol. The number of fused-ring (bicyclic) bond motifs is 7. The van der Waals surface area contributed by atoms with E-state index in [0.29, 0.717) is 0 Å². The van der Waals surface area contributed by atoms with Crippen molar-refractivity contribution in [2.24, 2.45) is 7.05 Å². The number of imidazole rings is 1. The van der Waals surface area contributed by atoms with E-state index in [-0.39, 0.29) is 10.8 Å². The average molecular weight is 410 g/mol. The molecule has 0 fully saturated rings. The van der Waals surface area contributed by atoms with Crippen molar-refractivity contribution in [1.82, 2.24) is 14.2 Å². The van der Waals surface area contributed by atoms with E-state index < -0.39 is 0 Å². The number of aryl methyl sites for hydroxylation is 2. The number of rotatable bonds is 1. The molecule has 0 aliphatic carbocycles. The average Bonchev–Trinajstić information content (AvgIpc) is 3.40. The summed E-state index contributed by atoms with van der Waals surface area (Å²) in [6.07, 6.45) is 7.57. The molecule has 0 bridgehead atoms. The van der Waals surface area contributed by atoms with Gasteiger partial charge in [0.05, 0.1) is 16.6 Å². The Kier molecular flexibility index (Phi) is 3.46. The fourth-order valence-electron chi connectivity index (χ4n) is 5.72. The second kappa shape index (κ2) is 5.76. The van der Waals surface area contributed by atoms with Crippen LogP contribution >= 0.6 is 0 Å². The van der Waals surface area contributed by atoms with E-state index >= 15 is 0 Å². The molecule has 156 valence electrons. The SMILES string of the molecule is Cc1cc2c(nc3n2C=CC3)c2c1-n1c(c(-c3ccccc3)c[n+]1C)C(C)(C)C2(C)C. The van der Waals surface area contributed by atoms with Gasteiger partial charge in [-0.25, -0.2) is 4.98 Å². The van der Waals surface area contributed by atoms with Crippen molar-refractivity contribution >= 4 is 17.2 Å². The molecule has 2 aromatic heterocycles. The van der Waals surface area contributed by atoms with Crippen molar-refractivity contribution in [2.75, 3.05) is 0 Å². The lowest BCUT2D eigenvalue weighted by molar-refractivity contribution is -0.745. The predicted octanol–water partition coefficient (Wildman–Crippen LogP) is 5.22. The zero-order valence-corrected chi connectivity index (χ0v) is 19.2. The van der Waals surface area contributed by atoms with E-state index in [9.17, 15) is 0 Å². The first-order valence-electron chi connectivity index (χ1n) is 11.1. The molecule has 2 aliphatic rings. The van der Waals surface area contributed by atoms with Crippen LogP contribution in [0.1, 0.15) is 50.3 Å². The molecule has 4 heterocycles. The van der Waals surface area contributed by atoms with Crippen molar-refractivity contribution < 1.29 is 4.68 Å². The zero-order chi connectivity index (χ0) is 21.7. The smallest absolute Gasteiger partial charge is 0.203 e. The van der Waals surface area contributed by atoms with E-state index in [1.54, 1.807) is 0 Å². The van der Waals surface area contributed by atoms with Crippen LogP contribution in [0.4, 0.5) is 0 Å². The van der Waals surface area contributed by atoms with Crippen LogP contribution in [0.2, 0.25) is 0 Å². The first kappa shape index (κ1) is 18.6. The minimum absolute atomic E-state index is 0.100. The molecule has 0 radical (unpaired) electrons. The Morgan fingerprint density at radius 1 is 1.03 bits per heavy atom. The molecule has 2 aliphatic heterocycles. The molecule has 4 heteroatoms. The number of aromatic nitrogens is 4. The van der Waals surface area contributed by atoms with Gasteiger partial charge in [0.1, 0.15) is 17.2 Å². The van der Waals surface area contributed by atoms with Gasteiger partial charge in [0.2, 0.25) is 6.20 Å². The van der Waals surface area contributed by atoms with E-state index in [1.807, 2.05) is 0 Å². The van der Waals surface area contributed by atoms with E-state index in [1.165, 1.54) is 39.2 Å². The van der Waals surface area contributed by atoms with Gasteiger partial charge in [-0.3, -0.25) is 0 Å². The molecule has 0 saturated carbocycles. The fourth-order valence-corrected chi connectivity index (χ4v) is 5.72. The van der Waals surface area contributed by atoms with E-state index in [2.05, 4.69) is 110 Å². The summed E-state index contributed by atoms with van der Waals surface area (Å²) in [5.41, 5.74) is 10.1. The fraction of sp³-hybridized carbons (Fsp3) is 0.333. The van der Waals surface area contributed by atoms with Gasteiger partial charge in [0.15, 0.2) is 7.05 Å². The van der Waals surface area contributed by atoms with E-state index in [4.69, 9.17) is 4.98 Å². The minimum atomic E-state index is -0.100. The lowest BCUT2D eigenvalue weighted by Crippen LogP contribution is -2.51. The molecule has 6 rings (SSSR count). The molecule has 4 nitrogen and oxygen atoms in total. The molecule has 0 amide bonds. The Bertz CT molecular complexity index is 1410. The Morgan fingerprint density at radius 3 is 2.52 bits per heavy atom. The minimum Gasteiger partial charge on any atom is -0.303 e. The summed E-state index contributed by atoms with van der Waals surface area (Å²) in [5.74, 6) is 1.14. The van der Waals surface area contributed by atoms with Gasteiger partial charge < -0.3 is 4.57 Å². The number of nitrogens with zero attached hydrogens (tertiary/aromatic N) is 4. The number of benzene rings is 2. The van der Waals surface area contributed by atoms with Crippen molar-refractivity contribution in [1.29, 1.82) is 0 Å². The van der Waals surface area contributed by atoms with Crippen molar-refractivity contribution in [3.8, 4) is 16.8 Å². The summed E-state index contributed by atoms with van der Waals surface area (Å²) < 4.78 is 6.97. The molecule has 0 saturated heterocycles. The van der Waals surface area contributed by atoms with Crippen LogP contribution in [-0.4, -0.2) is 14.2 Å². The van der Waals surface area contributed by atoms with Gasteiger partial charge >= 0.3 is 0 Å². The van der Waals surface area contributed by atoms with Gasteiger partial charge in [-0.15, -0.1) is 9.36 Å². The molecule has 2 aromatic carbocycles. The summed E-state index contributed by atoms with van der Waals surface area (Å²) in [6.45, 7) is 11.8. The molecule has 0 N–H and O–H groups in total. The summed E-state index contributed by atoms with van der Waals surface area (Å²) in [7, 11) is 2.16. The molecule has 0 atom stereocenters. The second-order valence-electron chi connectivity index (χ2n) is 10.2. The van der Waals surface area contributed by atoms with Gasteiger partial charge in [0, 0.05) is 29.0 Å². The van der Waals surface area contributed by atoms with Gasteiger partial charge in [-0.05, 0) is 24.1 Å². The highest BCUT2D eigenvalue weighted by molar-refractivity contribution is 5.89. The number of hydrogen-bond donors (Lipinski definition) is 0. The quantitative estimate of drug-likeness (QED) is 0.396. The highest BCUT2D eigenvalue weighted by Crippen LogP contribution is 2.54. The van der Waals surface area contributed by atoms with Gasteiger partial charge in [0.25, 0.3) is 0 Å². The lowest BCUT2D eigenvalue weighted by Gasteiger charge is -2.46. The lowest BCUT2D eigenvalue weighted by atomic mass is 9.59. The van der Waals surface area contributed by atoms with Crippen LogP contribution in [0.5, 0.6) is 0 Å². The van der Waals surface area contributed by atoms with Crippen LogP contribution in [-0.2, 0) is 24.3 Å². The topological polar surface area (TPSA) is 26.6 Å². The summed E-state index contributed by atoms with van der Waals surface area (Å²) in [5, 5.41) is 0. The number of hydrogen-bond acceptors (Lipinski definition) is 1. The first-order chi connectivity index (χ1) is 14.7. The van der Waals surface area contributed by atoms with Gasteiger partial charge in [-0.2, -0.15) is 0 Å². The molecular formula is C27H29N4+.